The molecule has 1 aromatic carbocycles. The van der Waals surface area contributed by atoms with Crippen LogP contribution in [0.15, 0.2) is 22.7 Å². The smallest absolute Gasteiger partial charge is 0.243 e. The topological polar surface area (TPSA) is 78.5 Å². The molecule has 0 aliphatic heterocycles. The van der Waals surface area contributed by atoms with Gasteiger partial charge in [-0.2, -0.15) is 0 Å². The summed E-state index contributed by atoms with van der Waals surface area (Å²) < 4.78 is 0.942. The minimum Gasteiger partial charge on any atom is -0.347 e. The van der Waals surface area contributed by atoms with Crippen LogP contribution in [0.5, 0.6) is 0 Å². The van der Waals surface area contributed by atoms with Crippen molar-refractivity contribution in [3.63, 3.8) is 0 Å². The van der Waals surface area contributed by atoms with Gasteiger partial charge in [-0.25, -0.2) is 0 Å². The maximum absolute atomic E-state index is 12.2. The molecule has 3 amide bonds. The van der Waals surface area contributed by atoms with Gasteiger partial charge in [0.05, 0.1) is 6.54 Å². The van der Waals surface area contributed by atoms with Gasteiger partial charge in [0.2, 0.25) is 17.7 Å². The van der Waals surface area contributed by atoms with Crippen LogP contribution >= 0.6 is 15.9 Å². The second-order valence-electron chi connectivity index (χ2n) is 6.52. The van der Waals surface area contributed by atoms with E-state index in [9.17, 15) is 14.4 Å². The summed E-state index contributed by atoms with van der Waals surface area (Å²) in [6.07, 6.45) is 2.94. The molecule has 1 aromatic rings. The largest absolute Gasteiger partial charge is 0.347 e. The molecule has 0 aliphatic carbocycles. The van der Waals surface area contributed by atoms with Crippen LogP contribution in [0.1, 0.15) is 51.5 Å². The average Bonchev–Trinajstić information content (AvgIpc) is 2.62. The number of rotatable bonds is 11. The van der Waals surface area contributed by atoms with Crippen LogP contribution in [0, 0.1) is 6.92 Å². The molecule has 7 heteroatoms. The lowest BCUT2D eigenvalue weighted by Crippen LogP contribution is -2.34. The molecule has 150 valence electrons. The Morgan fingerprint density at radius 1 is 1.04 bits per heavy atom. The summed E-state index contributed by atoms with van der Waals surface area (Å²) in [7, 11) is 0. The van der Waals surface area contributed by atoms with E-state index in [1.807, 2.05) is 43.9 Å². The maximum atomic E-state index is 12.2. The molecule has 0 fully saturated rings. The number of aryl methyl sites for hydroxylation is 1. The number of nitrogens with zero attached hydrogens (tertiary/aromatic N) is 1. The first-order chi connectivity index (χ1) is 12.9. The minimum absolute atomic E-state index is 0.0833. The van der Waals surface area contributed by atoms with E-state index in [4.69, 9.17) is 0 Å². The molecule has 0 spiro atoms. The van der Waals surface area contributed by atoms with Crippen molar-refractivity contribution in [3.05, 3.63) is 28.2 Å². The summed E-state index contributed by atoms with van der Waals surface area (Å²) in [5.41, 5.74) is 1.65. The second kappa shape index (κ2) is 12.5. The summed E-state index contributed by atoms with van der Waals surface area (Å²) in [4.78, 5) is 37.9. The van der Waals surface area contributed by atoms with Gasteiger partial charge in [-0.3, -0.25) is 14.4 Å². The van der Waals surface area contributed by atoms with Crippen LogP contribution in [-0.2, 0) is 14.4 Å². The molecule has 0 saturated heterocycles. The number of anilines is 1. The number of hydrogen-bond acceptors (Lipinski definition) is 3. The van der Waals surface area contributed by atoms with Gasteiger partial charge in [0.25, 0.3) is 0 Å². The van der Waals surface area contributed by atoms with Crippen LogP contribution in [0.2, 0.25) is 0 Å². The molecule has 27 heavy (non-hydrogen) atoms. The fourth-order valence-electron chi connectivity index (χ4n) is 2.69. The van der Waals surface area contributed by atoms with Crippen molar-refractivity contribution in [3.8, 4) is 0 Å². The molecule has 0 bridgehead atoms. The minimum atomic E-state index is -0.276. The third-order valence-corrected chi connectivity index (χ3v) is 4.54. The van der Waals surface area contributed by atoms with Crippen molar-refractivity contribution >= 4 is 39.3 Å². The van der Waals surface area contributed by atoms with E-state index in [0.29, 0.717) is 12.8 Å². The monoisotopic (exact) mass is 439 g/mol. The highest BCUT2D eigenvalue weighted by molar-refractivity contribution is 9.10. The molecular formula is C20H30BrN3O3. The molecule has 0 aromatic heterocycles. The first kappa shape index (κ1) is 23.1. The van der Waals surface area contributed by atoms with Gasteiger partial charge in [-0.05, 0) is 49.9 Å². The lowest BCUT2D eigenvalue weighted by Gasteiger charge is -2.21. The predicted octanol–water partition coefficient (Wildman–Crippen LogP) is 3.63. The van der Waals surface area contributed by atoms with Crippen LogP contribution in [0.25, 0.3) is 0 Å². The van der Waals surface area contributed by atoms with Gasteiger partial charge in [-0.15, -0.1) is 0 Å². The summed E-state index contributed by atoms with van der Waals surface area (Å²) in [5, 5.41) is 5.38. The molecule has 1 rings (SSSR count). The Morgan fingerprint density at radius 2 is 1.70 bits per heavy atom. The molecule has 2 N–H and O–H groups in total. The Labute approximate surface area is 170 Å². The zero-order chi connectivity index (χ0) is 20.2. The van der Waals surface area contributed by atoms with Crippen molar-refractivity contribution in [2.45, 2.75) is 52.9 Å². The van der Waals surface area contributed by atoms with Crippen molar-refractivity contribution < 1.29 is 14.4 Å². The van der Waals surface area contributed by atoms with E-state index in [-0.39, 0.29) is 30.7 Å². The number of amides is 3. The standard InChI is InChI=1S/C20H30BrN3O3/c1-4-11-24(12-5-2)20(27)8-6-7-18(25)22-14-19(26)23-17-10-9-16(21)13-15(17)3/h9-10,13H,4-8,11-12,14H2,1-3H3,(H,22,25)(H,23,26). The summed E-state index contributed by atoms with van der Waals surface area (Å²) in [6.45, 7) is 7.42. The first-order valence-corrected chi connectivity index (χ1v) is 10.3. The second-order valence-corrected chi connectivity index (χ2v) is 7.43. The summed E-state index contributed by atoms with van der Waals surface area (Å²) >= 11 is 3.38. The van der Waals surface area contributed by atoms with Crippen LogP contribution in [0.4, 0.5) is 5.69 Å². The highest BCUT2D eigenvalue weighted by Crippen LogP contribution is 2.19. The van der Waals surface area contributed by atoms with Crippen LogP contribution < -0.4 is 10.6 Å². The van der Waals surface area contributed by atoms with Crippen LogP contribution in [-0.4, -0.2) is 42.3 Å². The number of halogens is 1. The van der Waals surface area contributed by atoms with E-state index in [1.165, 1.54) is 0 Å². The number of carbonyl (C=O) groups is 3. The summed E-state index contributed by atoms with van der Waals surface area (Å²) in [6, 6.07) is 5.56. The van der Waals surface area contributed by atoms with Gasteiger partial charge in [0.1, 0.15) is 0 Å². The van der Waals surface area contributed by atoms with Crippen molar-refractivity contribution in [1.29, 1.82) is 0 Å². The zero-order valence-corrected chi connectivity index (χ0v) is 18.0. The SMILES string of the molecule is CCCN(CCC)C(=O)CCCC(=O)NCC(=O)Nc1ccc(Br)cc1C. The van der Waals surface area contributed by atoms with E-state index in [2.05, 4.69) is 26.6 Å². The normalized spacial score (nSPS) is 10.4. The van der Waals surface area contributed by atoms with Crippen molar-refractivity contribution in [2.75, 3.05) is 25.0 Å². The number of nitrogens with one attached hydrogen (secondary N) is 2. The summed E-state index contributed by atoms with van der Waals surface area (Å²) in [5.74, 6) is -0.403. The Balaban J connectivity index is 2.30. The fourth-order valence-corrected chi connectivity index (χ4v) is 3.16. The Bertz CT molecular complexity index is 643. The molecule has 0 atom stereocenters. The fraction of sp³-hybridized carbons (Fsp3) is 0.550. The van der Waals surface area contributed by atoms with Crippen molar-refractivity contribution in [1.82, 2.24) is 10.2 Å². The zero-order valence-electron chi connectivity index (χ0n) is 16.4. The van der Waals surface area contributed by atoms with Gasteiger partial charge in [-0.1, -0.05) is 29.8 Å². The van der Waals surface area contributed by atoms with Gasteiger partial charge >= 0.3 is 0 Å². The lowest BCUT2D eigenvalue weighted by atomic mass is 10.2. The molecule has 0 aliphatic rings. The van der Waals surface area contributed by atoms with E-state index in [1.54, 1.807) is 0 Å². The van der Waals surface area contributed by atoms with E-state index < -0.39 is 0 Å². The predicted molar refractivity (Wildman–Crippen MR) is 112 cm³/mol. The number of benzene rings is 1. The van der Waals surface area contributed by atoms with E-state index >= 15 is 0 Å². The highest BCUT2D eigenvalue weighted by atomic mass is 79.9. The number of hydrogen-bond donors (Lipinski definition) is 2. The van der Waals surface area contributed by atoms with Crippen molar-refractivity contribution in [2.24, 2.45) is 0 Å². The van der Waals surface area contributed by atoms with Gasteiger partial charge in [0.15, 0.2) is 0 Å². The van der Waals surface area contributed by atoms with Gasteiger partial charge < -0.3 is 15.5 Å². The Hall–Kier alpha value is -1.89. The quantitative estimate of drug-likeness (QED) is 0.552. The first-order valence-electron chi connectivity index (χ1n) is 9.47. The number of carbonyl (C=O) groups excluding carboxylic acids is 3. The Morgan fingerprint density at radius 3 is 2.30 bits per heavy atom. The lowest BCUT2D eigenvalue weighted by molar-refractivity contribution is -0.131. The molecular weight excluding hydrogens is 410 g/mol. The molecule has 0 radical (unpaired) electrons. The molecule has 0 unspecified atom stereocenters. The highest BCUT2D eigenvalue weighted by Gasteiger charge is 2.13. The molecule has 0 heterocycles. The van der Waals surface area contributed by atoms with E-state index in [0.717, 1.165) is 41.7 Å². The van der Waals surface area contributed by atoms with Gasteiger partial charge in [0, 0.05) is 36.1 Å². The third kappa shape index (κ3) is 9.04. The Kier molecular flexibility index (Phi) is 10.7. The maximum Gasteiger partial charge on any atom is 0.243 e. The molecule has 0 saturated carbocycles. The van der Waals surface area contributed by atoms with Crippen LogP contribution in [0.3, 0.4) is 0 Å². The molecule has 6 nitrogen and oxygen atoms in total. The third-order valence-electron chi connectivity index (χ3n) is 4.04. The average molecular weight is 440 g/mol.